The Kier molecular flexibility index (Phi) is 6.12. The van der Waals surface area contributed by atoms with E-state index in [0.717, 1.165) is 10.1 Å². The van der Waals surface area contributed by atoms with E-state index in [1.165, 1.54) is 17.9 Å². The van der Waals surface area contributed by atoms with Crippen molar-refractivity contribution in [1.29, 1.82) is 0 Å². The monoisotopic (exact) mass is 430 g/mol. The van der Waals surface area contributed by atoms with Crippen molar-refractivity contribution in [3.05, 3.63) is 99.3 Å². The van der Waals surface area contributed by atoms with Gasteiger partial charge in [-0.2, -0.15) is 0 Å². The highest BCUT2D eigenvalue weighted by Crippen LogP contribution is 2.22. The molecule has 4 rings (SSSR count). The summed E-state index contributed by atoms with van der Waals surface area (Å²) in [7, 11) is 1.51. The molecular weight excluding hydrogens is 408 g/mol. The lowest BCUT2D eigenvalue weighted by Crippen LogP contribution is -2.42. The second kappa shape index (κ2) is 9.30. The van der Waals surface area contributed by atoms with E-state index in [9.17, 15) is 14.4 Å². The first-order valence-electron chi connectivity index (χ1n) is 10.1. The van der Waals surface area contributed by atoms with Crippen molar-refractivity contribution in [3.63, 3.8) is 0 Å². The van der Waals surface area contributed by atoms with Crippen LogP contribution in [0.3, 0.4) is 0 Å². The Labute approximate surface area is 183 Å². The minimum absolute atomic E-state index is 0.175. The van der Waals surface area contributed by atoms with Gasteiger partial charge in [-0.05, 0) is 36.2 Å². The van der Waals surface area contributed by atoms with Crippen molar-refractivity contribution in [2.45, 2.75) is 19.5 Å². The summed E-state index contributed by atoms with van der Waals surface area (Å²) in [6.45, 7) is -0.101. The van der Waals surface area contributed by atoms with E-state index >= 15 is 0 Å². The van der Waals surface area contributed by atoms with Gasteiger partial charge >= 0.3 is 5.69 Å². The number of amides is 1. The summed E-state index contributed by atoms with van der Waals surface area (Å²) in [6, 6.07) is 19.8. The molecule has 0 atom stereocenters. The summed E-state index contributed by atoms with van der Waals surface area (Å²) in [4.78, 5) is 43.2. The summed E-state index contributed by atoms with van der Waals surface area (Å²) >= 11 is 0. The lowest BCUT2D eigenvalue weighted by Gasteiger charge is -2.14. The van der Waals surface area contributed by atoms with Crippen LogP contribution in [-0.4, -0.2) is 27.1 Å². The Morgan fingerprint density at radius 1 is 0.969 bits per heavy atom. The molecule has 0 aliphatic rings. The third-order valence-corrected chi connectivity index (χ3v) is 5.13. The Hall–Kier alpha value is -4.20. The highest BCUT2D eigenvalue weighted by atomic mass is 16.5. The largest absolute Gasteiger partial charge is 0.495 e. The van der Waals surface area contributed by atoms with Gasteiger partial charge in [-0.15, -0.1) is 0 Å². The second-order valence-electron chi connectivity index (χ2n) is 7.18. The number of fused-ring (bicyclic) bond motifs is 1. The number of nitrogens with one attached hydrogen (secondary N) is 1. The van der Waals surface area contributed by atoms with E-state index in [1.54, 1.807) is 36.4 Å². The van der Waals surface area contributed by atoms with Crippen LogP contribution in [0.5, 0.6) is 5.75 Å². The lowest BCUT2D eigenvalue weighted by molar-refractivity contribution is -0.116. The van der Waals surface area contributed by atoms with Gasteiger partial charge in [-0.25, -0.2) is 9.78 Å². The molecule has 0 fully saturated rings. The zero-order chi connectivity index (χ0) is 22.5. The molecule has 2 aromatic heterocycles. The van der Waals surface area contributed by atoms with E-state index in [0.29, 0.717) is 17.9 Å². The molecule has 4 aromatic rings. The number of pyridine rings is 1. The maximum atomic E-state index is 13.2. The van der Waals surface area contributed by atoms with Gasteiger partial charge in [0.05, 0.1) is 18.2 Å². The van der Waals surface area contributed by atoms with Gasteiger partial charge in [0, 0.05) is 12.7 Å². The molecule has 0 unspecified atom stereocenters. The molecule has 0 saturated carbocycles. The number of hydrogen-bond donors (Lipinski definition) is 1. The van der Waals surface area contributed by atoms with Crippen LogP contribution in [0.1, 0.15) is 5.56 Å². The number of benzene rings is 2. The molecule has 0 aliphatic heterocycles. The fraction of sp³-hybridized carbons (Fsp3) is 0.167. The van der Waals surface area contributed by atoms with Crippen LogP contribution in [-0.2, 0) is 24.3 Å². The van der Waals surface area contributed by atoms with Gasteiger partial charge in [-0.1, -0.05) is 42.5 Å². The molecule has 0 radical (unpaired) electrons. The first-order valence-corrected chi connectivity index (χ1v) is 10.1. The molecule has 0 spiro atoms. The van der Waals surface area contributed by atoms with Crippen molar-refractivity contribution < 1.29 is 9.53 Å². The second-order valence-corrected chi connectivity index (χ2v) is 7.18. The molecule has 162 valence electrons. The van der Waals surface area contributed by atoms with Crippen molar-refractivity contribution in [1.82, 2.24) is 14.1 Å². The number of aromatic nitrogens is 3. The minimum Gasteiger partial charge on any atom is -0.495 e. The fourth-order valence-corrected chi connectivity index (χ4v) is 3.55. The van der Waals surface area contributed by atoms with Gasteiger partial charge in [-0.3, -0.25) is 18.7 Å². The van der Waals surface area contributed by atoms with Gasteiger partial charge in [0.25, 0.3) is 5.56 Å². The number of hydrogen-bond acceptors (Lipinski definition) is 5. The molecule has 1 N–H and O–H groups in total. The average molecular weight is 430 g/mol. The third-order valence-electron chi connectivity index (χ3n) is 5.13. The standard InChI is InChI=1S/C24H22N4O4/c1-32-20-12-6-5-11-19(20)26-21(29)16-28-22-18(10-7-14-25-22)23(30)27(24(28)31)15-13-17-8-3-2-4-9-17/h2-12,14H,13,15-16H2,1H3,(H,26,29). The van der Waals surface area contributed by atoms with E-state index in [2.05, 4.69) is 10.3 Å². The summed E-state index contributed by atoms with van der Waals surface area (Å²) in [5.41, 5.74) is 0.671. The van der Waals surface area contributed by atoms with E-state index in [4.69, 9.17) is 4.74 Å². The number of carbonyl (C=O) groups is 1. The van der Waals surface area contributed by atoms with Crippen LogP contribution in [0.15, 0.2) is 82.5 Å². The zero-order valence-electron chi connectivity index (χ0n) is 17.5. The SMILES string of the molecule is COc1ccccc1NC(=O)Cn1c(=O)n(CCc2ccccc2)c(=O)c2cccnc21. The lowest BCUT2D eigenvalue weighted by atomic mass is 10.1. The van der Waals surface area contributed by atoms with E-state index in [1.807, 2.05) is 30.3 Å². The Balaban J connectivity index is 1.69. The van der Waals surface area contributed by atoms with E-state index in [-0.39, 0.29) is 24.1 Å². The Bertz CT molecular complexity index is 1380. The van der Waals surface area contributed by atoms with Crippen LogP contribution in [0.2, 0.25) is 0 Å². The summed E-state index contributed by atoms with van der Waals surface area (Å²) in [6.07, 6.45) is 2.00. The fourth-order valence-electron chi connectivity index (χ4n) is 3.55. The quantitative estimate of drug-likeness (QED) is 0.486. The summed E-state index contributed by atoms with van der Waals surface area (Å²) in [5.74, 6) is 0.0702. The van der Waals surface area contributed by atoms with Crippen LogP contribution >= 0.6 is 0 Å². The molecule has 8 heteroatoms. The molecular formula is C24H22N4O4. The number of para-hydroxylation sites is 2. The van der Waals surface area contributed by atoms with Crippen LogP contribution in [0.25, 0.3) is 11.0 Å². The van der Waals surface area contributed by atoms with Crippen LogP contribution in [0.4, 0.5) is 5.69 Å². The molecule has 1 amide bonds. The van der Waals surface area contributed by atoms with Crippen molar-refractivity contribution in [2.75, 3.05) is 12.4 Å². The number of aryl methyl sites for hydroxylation is 1. The van der Waals surface area contributed by atoms with Crippen LogP contribution < -0.4 is 21.3 Å². The number of rotatable bonds is 7. The van der Waals surface area contributed by atoms with Gasteiger partial charge in [0.1, 0.15) is 17.9 Å². The van der Waals surface area contributed by atoms with Crippen molar-refractivity contribution in [3.8, 4) is 5.75 Å². The highest BCUT2D eigenvalue weighted by Gasteiger charge is 2.17. The Morgan fingerprint density at radius 3 is 2.50 bits per heavy atom. The first kappa shape index (κ1) is 21.0. The minimum atomic E-state index is -0.577. The molecule has 0 aliphatic carbocycles. The molecule has 2 aromatic carbocycles. The van der Waals surface area contributed by atoms with Crippen molar-refractivity contribution in [2.24, 2.45) is 0 Å². The number of nitrogens with zero attached hydrogens (tertiary/aromatic N) is 3. The van der Waals surface area contributed by atoms with Crippen LogP contribution in [0, 0.1) is 0 Å². The maximum Gasteiger partial charge on any atom is 0.333 e. The average Bonchev–Trinajstić information content (AvgIpc) is 2.83. The predicted molar refractivity (Wildman–Crippen MR) is 122 cm³/mol. The van der Waals surface area contributed by atoms with Crippen molar-refractivity contribution >= 4 is 22.6 Å². The summed E-state index contributed by atoms with van der Waals surface area (Å²) in [5, 5.41) is 3.04. The molecule has 0 saturated heterocycles. The molecule has 32 heavy (non-hydrogen) atoms. The summed E-state index contributed by atoms with van der Waals surface area (Å²) < 4.78 is 7.65. The number of ether oxygens (including phenoxy) is 1. The highest BCUT2D eigenvalue weighted by molar-refractivity contribution is 5.92. The first-order chi connectivity index (χ1) is 15.6. The molecule has 8 nitrogen and oxygen atoms in total. The van der Waals surface area contributed by atoms with E-state index < -0.39 is 17.2 Å². The molecule has 0 bridgehead atoms. The predicted octanol–water partition coefficient (Wildman–Crippen LogP) is 2.45. The van der Waals surface area contributed by atoms with Gasteiger partial charge in [0.2, 0.25) is 5.91 Å². The number of carbonyl (C=O) groups excluding carboxylic acids is 1. The van der Waals surface area contributed by atoms with Gasteiger partial charge in [0.15, 0.2) is 0 Å². The Morgan fingerprint density at radius 2 is 1.72 bits per heavy atom. The normalized spacial score (nSPS) is 10.8. The van der Waals surface area contributed by atoms with Gasteiger partial charge < -0.3 is 10.1 Å². The number of methoxy groups -OCH3 is 1. The number of anilines is 1. The maximum absolute atomic E-state index is 13.2. The topological polar surface area (TPSA) is 95.2 Å². The zero-order valence-corrected chi connectivity index (χ0v) is 17.5. The third kappa shape index (κ3) is 4.29. The molecule has 2 heterocycles. The smallest absolute Gasteiger partial charge is 0.333 e.